The molecule has 0 aliphatic carbocycles. The number of nitrogens with one attached hydrogen (secondary N) is 2. The van der Waals surface area contributed by atoms with Crippen LogP contribution in [0, 0.1) is 0 Å². The quantitative estimate of drug-likeness (QED) is 0.907. The van der Waals surface area contributed by atoms with E-state index in [4.69, 9.17) is 11.6 Å². The number of rotatable bonds is 4. The number of carbonyl (C=O) groups is 1. The number of benzene rings is 1. The van der Waals surface area contributed by atoms with Crippen molar-refractivity contribution in [1.82, 2.24) is 9.97 Å². The van der Waals surface area contributed by atoms with Gasteiger partial charge in [0.25, 0.3) is 5.91 Å². The molecule has 0 saturated heterocycles. The van der Waals surface area contributed by atoms with E-state index >= 15 is 0 Å². The van der Waals surface area contributed by atoms with E-state index in [0.717, 1.165) is 0 Å². The summed E-state index contributed by atoms with van der Waals surface area (Å²) >= 11 is 5.79. The van der Waals surface area contributed by atoms with E-state index in [9.17, 15) is 4.79 Å². The van der Waals surface area contributed by atoms with Crippen LogP contribution in [-0.4, -0.2) is 21.9 Å². The van der Waals surface area contributed by atoms with Gasteiger partial charge in [-0.3, -0.25) is 4.79 Å². The number of hydrogen-bond donors (Lipinski definition) is 2. The molecule has 5 nitrogen and oxygen atoms in total. The van der Waals surface area contributed by atoms with Crippen molar-refractivity contribution in [2.24, 2.45) is 0 Å². The minimum Gasteiger partial charge on any atom is -0.352 e. The van der Waals surface area contributed by atoms with Crippen LogP contribution in [0.15, 0.2) is 36.5 Å². The molecule has 6 heteroatoms. The van der Waals surface area contributed by atoms with Crippen LogP contribution in [0.4, 0.5) is 11.6 Å². The predicted octanol–water partition coefficient (Wildman–Crippen LogP) is 3.20. The number of nitrogens with zero attached hydrogens (tertiary/aromatic N) is 2. The Labute approximate surface area is 122 Å². The first-order chi connectivity index (χ1) is 9.54. The van der Waals surface area contributed by atoms with Gasteiger partial charge in [0.2, 0.25) is 5.95 Å². The van der Waals surface area contributed by atoms with Gasteiger partial charge >= 0.3 is 0 Å². The van der Waals surface area contributed by atoms with Gasteiger partial charge in [-0.1, -0.05) is 11.6 Å². The Morgan fingerprint density at radius 3 is 2.55 bits per heavy atom. The van der Waals surface area contributed by atoms with Crippen LogP contribution in [0.3, 0.4) is 0 Å². The number of aromatic nitrogens is 2. The highest BCUT2D eigenvalue weighted by molar-refractivity contribution is 6.30. The average molecular weight is 291 g/mol. The zero-order valence-electron chi connectivity index (χ0n) is 11.2. The third-order valence-corrected chi connectivity index (χ3v) is 2.66. The molecule has 2 aromatic rings. The Hall–Kier alpha value is -2.14. The molecular weight excluding hydrogens is 276 g/mol. The van der Waals surface area contributed by atoms with Crippen LogP contribution < -0.4 is 10.6 Å². The molecule has 1 aromatic carbocycles. The Morgan fingerprint density at radius 2 is 1.90 bits per heavy atom. The molecule has 0 radical (unpaired) electrons. The van der Waals surface area contributed by atoms with Crippen molar-refractivity contribution in [3.05, 3.63) is 47.2 Å². The third kappa shape index (κ3) is 3.93. The standard InChI is InChI=1S/C14H15ClN4O/c1-9(2)17-14-16-8-7-12(19-14)13(20)18-11-5-3-10(15)4-6-11/h3-9H,1-2H3,(H,18,20)(H,16,17,19). The van der Waals surface area contributed by atoms with Crippen LogP contribution in [0.25, 0.3) is 0 Å². The molecule has 20 heavy (non-hydrogen) atoms. The monoisotopic (exact) mass is 290 g/mol. The lowest BCUT2D eigenvalue weighted by atomic mass is 10.3. The van der Waals surface area contributed by atoms with E-state index in [1.807, 2.05) is 13.8 Å². The maximum atomic E-state index is 12.1. The first-order valence-electron chi connectivity index (χ1n) is 6.21. The normalized spacial score (nSPS) is 10.4. The van der Waals surface area contributed by atoms with Gasteiger partial charge in [-0.15, -0.1) is 0 Å². The lowest BCUT2D eigenvalue weighted by molar-refractivity contribution is 0.102. The number of hydrogen-bond acceptors (Lipinski definition) is 4. The van der Waals surface area contributed by atoms with Gasteiger partial charge in [-0.05, 0) is 44.2 Å². The van der Waals surface area contributed by atoms with Crippen molar-refractivity contribution in [2.45, 2.75) is 19.9 Å². The molecule has 0 spiro atoms. The highest BCUT2D eigenvalue weighted by Gasteiger charge is 2.09. The smallest absolute Gasteiger partial charge is 0.274 e. The van der Waals surface area contributed by atoms with E-state index in [0.29, 0.717) is 22.4 Å². The molecular formula is C14H15ClN4O. The third-order valence-electron chi connectivity index (χ3n) is 2.41. The van der Waals surface area contributed by atoms with Crippen molar-refractivity contribution < 1.29 is 4.79 Å². The average Bonchev–Trinajstić information content (AvgIpc) is 2.41. The lowest BCUT2D eigenvalue weighted by Crippen LogP contribution is -2.17. The fraction of sp³-hybridized carbons (Fsp3) is 0.214. The second-order valence-corrected chi connectivity index (χ2v) is 4.96. The fourth-order valence-electron chi connectivity index (χ4n) is 1.54. The largest absolute Gasteiger partial charge is 0.352 e. The molecule has 0 aliphatic rings. The molecule has 0 fully saturated rings. The Bertz CT molecular complexity index is 598. The number of amides is 1. The maximum Gasteiger partial charge on any atom is 0.274 e. The molecule has 0 saturated carbocycles. The molecule has 0 unspecified atom stereocenters. The van der Waals surface area contributed by atoms with Gasteiger partial charge in [0.15, 0.2) is 0 Å². The molecule has 1 amide bonds. The summed E-state index contributed by atoms with van der Waals surface area (Å²) in [5.41, 5.74) is 0.967. The zero-order valence-corrected chi connectivity index (χ0v) is 12.0. The van der Waals surface area contributed by atoms with Crippen molar-refractivity contribution in [3.63, 3.8) is 0 Å². The molecule has 1 aromatic heterocycles. The molecule has 0 atom stereocenters. The second kappa shape index (κ2) is 6.34. The summed E-state index contributed by atoms with van der Waals surface area (Å²) in [5.74, 6) is 0.144. The summed E-state index contributed by atoms with van der Waals surface area (Å²) in [6.07, 6.45) is 1.55. The first kappa shape index (κ1) is 14.3. The fourth-order valence-corrected chi connectivity index (χ4v) is 1.67. The molecule has 2 N–H and O–H groups in total. The minimum absolute atomic E-state index is 0.199. The minimum atomic E-state index is -0.290. The Kier molecular flexibility index (Phi) is 4.53. The van der Waals surface area contributed by atoms with Gasteiger partial charge in [0.1, 0.15) is 5.69 Å². The Morgan fingerprint density at radius 1 is 1.20 bits per heavy atom. The molecule has 0 bridgehead atoms. The number of anilines is 2. The summed E-state index contributed by atoms with van der Waals surface area (Å²) in [4.78, 5) is 20.3. The van der Waals surface area contributed by atoms with Gasteiger partial charge < -0.3 is 10.6 Å². The van der Waals surface area contributed by atoms with Gasteiger partial charge in [0.05, 0.1) is 0 Å². The second-order valence-electron chi connectivity index (χ2n) is 4.53. The SMILES string of the molecule is CC(C)Nc1nccc(C(=O)Nc2ccc(Cl)cc2)n1. The highest BCUT2D eigenvalue weighted by Crippen LogP contribution is 2.14. The van der Waals surface area contributed by atoms with E-state index in [1.54, 1.807) is 36.5 Å². The number of halogens is 1. The lowest BCUT2D eigenvalue weighted by Gasteiger charge is -2.09. The maximum absolute atomic E-state index is 12.1. The molecule has 0 aliphatic heterocycles. The van der Waals surface area contributed by atoms with E-state index in [1.165, 1.54) is 0 Å². The van der Waals surface area contributed by atoms with E-state index in [-0.39, 0.29) is 11.9 Å². The molecule has 1 heterocycles. The van der Waals surface area contributed by atoms with Gasteiger partial charge in [-0.2, -0.15) is 0 Å². The molecule has 2 rings (SSSR count). The summed E-state index contributed by atoms with van der Waals surface area (Å²) in [6.45, 7) is 3.95. The van der Waals surface area contributed by atoms with Crippen molar-refractivity contribution in [3.8, 4) is 0 Å². The highest BCUT2D eigenvalue weighted by atomic mass is 35.5. The Balaban J connectivity index is 2.10. The van der Waals surface area contributed by atoms with Crippen LogP contribution in [0.5, 0.6) is 0 Å². The predicted molar refractivity (Wildman–Crippen MR) is 80.2 cm³/mol. The molecule has 104 valence electrons. The van der Waals surface area contributed by atoms with Gasteiger partial charge in [-0.25, -0.2) is 9.97 Å². The van der Waals surface area contributed by atoms with E-state index in [2.05, 4.69) is 20.6 Å². The van der Waals surface area contributed by atoms with Crippen LogP contribution in [0.2, 0.25) is 5.02 Å². The van der Waals surface area contributed by atoms with Crippen LogP contribution >= 0.6 is 11.6 Å². The van der Waals surface area contributed by atoms with E-state index < -0.39 is 0 Å². The first-order valence-corrected chi connectivity index (χ1v) is 6.59. The van der Waals surface area contributed by atoms with Crippen LogP contribution in [-0.2, 0) is 0 Å². The van der Waals surface area contributed by atoms with Crippen molar-refractivity contribution >= 4 is 29.1 Å². The number of carbonyl (C=O) groups excluding carboxylic acids is 1. The summed E-state index contributed by atoms with van der Waals surface area (Å²) in [6, 6.07) is 8.65. The summed E-state index contributed by atoms with van der Waals surface area (Å²) in [5, 5.41) is 6.42. The van der Waals surface area contributed by atoms with Crippen molar-refractivity contribution in [1.29, 1.82) is 0 Å². The van der Waals surface area contributed by atoms with Crippen molar-refractivity contribution in [2.75, 3.05) is 10.6 Å². The zero-order chi connectivity index (χ0) is 14.5. The summed E-state index contributed by atoms with van der Waals surface area (Å²) < 4.78 is 0. The van der Waals surface area contributed by atoms with Gasteiger partial charge in [0, 0.05) is 22.9 Å². The topological polar surface area (TPSA) is 66.9 Å². The summed E-state index contributed by atoms with van der Waals surface area (Å²) in [7, 11) is 0. The van der Waals surface area contributed by atoms with Crippen LogP contribution in [0.1, 0.15) is 24.3 Å².